The van der Waals surface area contributed by atoms with Gasteiger partial charge in [-0.2, -0.15) is 0 Å². The van der Waals surface area contributed by atoms with E-state index in [1.54, 1.807) is 12.0 Å². The van der Waals surface area contributed by atoms with Crippen molar-refractivity contribution in [1.29, 1.82) is 0 Å². The molecule has 0 aromatic rings. The van der Waals surface area contributed by atoms with Crippen molar-refractivity contribution >= 4 is 11.8 Å². The zero-order valence-corrected chi connectivity index (χ0v) is 13.3. The molecule has 2 unspecified atom stereocenters. The van der Waals surface area contributed by atoms with Crippen LogP contribution in [-0.4, -0.2) is 49.1 Å². The molecule has 1 saturated heterocycles. The minimum atomic E-state index is -0.347. The van der Waals surface area contributed by atoms with Crippen molar-refractivity contribution in [3.8, 4) is 0 Å². The molecule has 1 aliphatic carbocycles. The van der Waals surface area contributed by atoms with Gasteiger partial charge >= 0.3 is 0 Å². The van der Waals surface area contributed by atoms with Crippen molar-refractivity contribution in [2.45, 2.75) is 64.0 Å². The molecular formula is C16H28N2O3. The Kier molecular flexibility index (Phi) is 6.03. The summed E-state index contributed by atoms with van der Waals surface area (Å²) in [6.45, 7) is 3.18. The van der Waals surface area contributed by atoms with Crippen molar-refractivity contribution in [3.05, 3.63) is 0 Å². The van der Waals surface area contributed by atoms with Gasteiger partial charge in [0.05, 0.1) is 0 Å². The first-order valence-corrected chi connectivity index (χ1v) is 8.25. The summed E-state index contributed by atoms with van der Waals surface area (Å²) in [5, 5.41) is 2.96. The molecule has 5 nitrogen and oxygen atoms in total. The molecule has 2 atom stereocenters. The first-order chi connectivity index (χ1) is 10.1. The summed E-state index contributed by atoms with van der Waals surface area (Å²) in [5.41, 5.74) is 0. The molecule has 0 bridgehead atoms. The van der Waals surface area contributed by atoms with E-state index in [9.17, 15) is 9.59 Å². The van der Waals surface area contributed by atoms with Crippen LogP contribution < -0.4 is 5.32 Å². The van der Waals surface area contributed by atoms with Crippen LogP contribution in [-0.2, 0) is 14.3 Å². The van der Waals surface area contributed by atoms with Crippen LogP contribution in [0.3, 0.4) is 0 Å². The van der Waals surface area contributed by atoms with Gasteiger partial charge in [-0.05, 0) is 38.5 Å². The average Bonchev–Trinajstić information content (AvgIpc) is 2.51. The van der Waals surface area contributed by atoms with Crippen LogP contribution in [0.2, 0.25) is 0 Å². The molecule has 1 N–H and O–H groups in total. The van der Waals surface area contributed by atoms with Gasteiger partial charge < -0.3 is 15.0 Å². The number of carbonyl (C=O) groups is 2. The third-order valence-electron chi connectivity index (χ3n) is 4.81. The van der Waals surface area contributed by atoms with Crippen molar-refractivity contribution in [2.75, 3.05) is 20.3 Å². The summed E-state index contributed by atoms with van der Waals surface area (Å²) in [6, 6.07) is -0.642. The number of hydrogen-bond donors (Lipinski definition) is 1. The van der Waals surface area contributed by atoms with Gasteiger partial charge in [-0.25, -0.2) is 0 Å². The molecule has 5 heteroatoms. The predicted octanol–water partition coefficient (Wildman–Crippen LogP) is 1.71. The number of nitrogens with one attached hydrogen (secondary N) is 1. The molecule has 120 valence electrons. The maximum absolute atomic E-state index is 12.7. The second-order valence-corrected chi connectivity index (χ2v) is 6.29. The molecule has 0 radical (unpaired) electrons. The number of hydrogen-bond acceptors (Lipinski definition) is 3. The van der Waals surface area contributed by atoms with E-state index in [0.29, 0.717) is 19.1 Å². The zero-order valence-electron chi connectivity index (χ0n) is 13.3. The van der Waals surface area contributed by atoms with Crippen molar-refractivity contribution in [2.24, 2.45) is 5.92 Å². The molecule has 1 heterocycles. The Hall–Kier alpha value is -1.10. The molecule has 1 saturated carbocycles. The third-order valence-corrected chi connectivity index (χ3v) is 4.81. The van der Waals surface area contributed by atoms with Gasteiger partial charge in [-0.3, -0.25) is 9.59 Å². The van der Waals surface area contributed by atoms with E-state index < -0.39 is 0 Å². The lowest BCUT2D eigenvalue weighted by Crippen LogP contribution is -2.64. The topological polar surface area (TPSA) is 58.6 Å². The maximum Gasteiger partial charge on any atom is 0.246 e. The Morgan fingerprint density at radius 1 is 1.19 bits per heavy atom. The van der Waals surface area contributed by atoms with Gasteiger partial charge in [-0.15, -0.1) is 0 Å². The van der Waals surface area contributed by atoms with E-state index in [2.05, 4.69) is 5.32 Å². The number of amides is 2. The summed E-state index contributed by atoms with van der Waals surface area (Å²) < 4.78 is 5.04. The summed E-state index contributed by atoms with van der Waals surface area (Å²) in [4.78, 5) is 26.7. The molecule has 2 aliphatic rings. The zero-order chi connectivity index (χ0) is 15.2. The predicted molar refractivity (Wildman–Crippen MR) is 80.8 cm³/mol. The number of carbonyl (C=O) groups excluding carboxylic acids is 2. The smallest absolute Gasteiger partial charge is 0.246 e. The number of ether oxygens (including phenoxy) is 1. The molecule has 21 heavy (non-hydrogen) atoms. The van der Waals surface area contributed by atoms with E-state index in [1.807, 2.05) is 6.92 Å². The normalized spacial score (nSPS) is 27.8. The number of unbranched alkanes of at least 4 members (excludes halogenated alkanes) is 1. The monoisotopic (exact) mass is 296 g/mol. The number of piperazine rings is 1. The highest BCUT2D eigenvalue weighted by molar-refractivity contribution is 5.96. The fourth-order valence-electron chi connectivity index (χ4n) is 3.47. The molecule has 0 aromatic heterocycles. The molecule has 2 amide bonds. The quantitative estimate of drug-likeness (QED) is 0.759. The van der Waals surface area contributed by atoms with Gasteiger partial charge in [0, 0.05) is 20.3 Å². The minimum Gasteiger partial charge on any atom is -0.385 e. The van der Waals surface area contributed by atoms with E-state index in [1.165, 1.54) is 19.3 Å². The standard InChI is InChI=1S/C16H28N2O3/c1-12-15(19)17-14(13-8-4-3-5-9-13)16(20)18(12)10-6-7-11-21-2/h12-14H,3-11H2,1-2H3,(H,17,19). The maximum atomic E-state index is 12.7. The number of methoxy groups -OCH3 is 1. The van der Waals surface area contributed by atoms with Crippen molar-refractivity contribution in [1.82, 2.24) is 10.2 Å². The van der Waals surface area contributed by atoms with E-state index in [0.717, 1.165) is 25.7 Å². The third kappa shape index (κ3) is 3.96. The first-order valence-electron chi connectivity index (χ1n) is 8.25. The van der Waals surface area contributed by atoms with Gasteiger partial charge in [-0.1, -0.05) is 19.3 Å². The Balaban J connectivity index is 1.97. The van der Waals surface area contributed by atoms with E-state index in [4.69, 9.17) is 4.74 Å². The van der Waals surface area contributed by atoms with Crippen LogP contribution in [0.4, 0.5) is 0 Å². The first kappa shape index (κ1) is 16.3. The lowest BCUT2D eigenvalue weighted by Gasteiger charge is -2.41. The van der Waals surface area contributed by atoms with Gasteiger partial charge in [0.25, 0.3) is 0 Å². The lowest BCUT2D eigenvalue weighted by atomic mass is 9.82. The number of rotatable bonds is 6. The largest absolute Gasteiger partial charge is 0.385 e. The molecular weight excluding hydrogens is 268 g/mol. The highest BCUT2D eigenvalue weighted by Gasteiger charge is 2.41. The lowest BCUT2D eigenvalue weighted by molar-refractivity contribution is -0.150. The summed E-state index contributed by atoms with van der Waals surface area (Å²) in [6.07, 6.45) is 7.52. The summed E-state index contributed by atoms with van der Waals surface area (Å²) in [5.74, 6) is 0.438. The molecule has 2 fully saturated rings. The summed E-state index contributed by atoms with van der Waals surface area (Å²) >= 11 is 0. The Labute approximate surface area is 127 Å². The molecule has 0 aromatic carbocycles. The second-order valence-electron chi connectivity index (χ2n) is 6.29. The van der Waals surface area contributed by atoms with E-state index in [-0.39, 0.29) is 23.9 Å². The van der Waals surface area contributed by atoms with Crippen LogP contribution in [0.1, 0.15) is 51.9 Å². The minimum absolute atomic E-state index is 0.00286. The fraction of sp³-hybridized carbons (Fsp3) is 0.875. The molecule has 1 aliphatic heterocycles. The van der Waals surface area contributed by atoms with Crippen LogP contribution in [0.5, 0.6) is 0 Å². The van der Waals surface area contributed by atoms with Crippen molar-refractivity contribution in [3.63, 3.8) is 0 Å². The van der Waals surface area contributed by atoms with Crippen LogP contribution in [0, 0.1) is 5.92 Å². The second kappa shape index (κ2) is 7.78. The Bertz CT molecular complexity index is 367. The van der Waals surface area contributed by atoms with Gasteiger partial charge in [0.1, 0.15) is 12.1 Å². The molecule has 0 spiro atoms. The van der Waals surface area contributed by atoms with E-state index >= 15 is 0 Å². The average molecular weight is 296 g/mol. The van der Waals surface area contributed by atoms with Crippen molar-refractivity contribution < 1.29 is 14.3 Å². The SMILES string of the molecule is COCCCCN1C(=O)C(C2CCCCC2)NC(=O)C1C. The highest BCUT2D eigenvalue weighted by Crippen LogP contribution is 2.29. The highest BCUT2D eigenvalue weighted by atomic mass is 16.5. The Morgan fingerprint density at radius 2 is 1.90 bits per heavy atom. The van der Waals surface area contributed by atoms with Crippen LogP contribution >= 0.6 is 0 Å². The number of nitrogens with zero attached hydrogens (tertiary/aromatic N) is 1. The fourth-order valence-corrected chi connectivity index (χ4v) is 3.47. The van der Waals surface area contributed by atoms with Crippen LogP contribution in [0.25, 0.3) is 0 Å². The summed E-state index contributed by atoms with van der Waals surface area (Å²) in [7, 11) is 1.68. The van der Waals surface area contributed by atoms with Gasteiger partial charge in [0.15, 0.2) is 0 Å². The van der Waals surface area contributed by atoms with Gasteiger partial charge in [0.2, 0.25) is 11.8 Å². The molecule has 2 rings (SSSR count). The van der Waals surface area contributed by atoms with Crippen LogP contribution in [0.15, 0.2) is 0 Å². The Morgan fingerprint density at radius 3 is 2.57 bits per heavy atom.